The quantitative estimate of drug-likeness (QED) is 0.490. The molecule has 146 valence electrons. The van der Waals surface area contributed by atoms with Crippen LogP contribution in [0.1, 0.15) is 46.0 Å². The van der Waals surface area contributed by atoms with Crippen molar-refractivity contribution in [1.29, 1.82) is 0 Å². The smallest absolute Gasteiger partial charge is 0.411 e. The predicted octanol–water partition coefficient (Wildman–Crippen LogP) is 6.79. The van der Waals surface area contributed by atoms with E-state index in [-0.39, 0.29) is 0 Å². The number of unbranched alkanes of at least 4 members (excludes halogenated alkanes) is 2. The average Bonchev–Trinajstić information content (AvgIpc) is 2.66. The number of carbonyl (C=O) groups excluding carboxylic acids is 1. The van der Waals surface area contributed by atoms with Crippen molar-refractivity contribution >= 4 is 11.8 Å². The number of amides is 1. The Bertz CT molecular complexity index is 749. The van der Waals surface area contributed by atoms with Crippen molar-refractivity contribution in [3.05, 3.63) is 54.1 Å². The zero-order chi connectivity index (χ0) is 19.6. The number of carbonyl (C=O) groups is 1. The lowest BCUT2D eigenvalue weighted by Crippen LogP contribution is -2.19. The normalized spacial score (nSPS) is 11.9. The molecule has 3 nitrogen and oxygen atoms in total. The van der Waals surface area contributed by atoms with Gasteiger partial charge in [0, 0.05) is 5.56 Å². The maximum absolute atomic E-state index is 13.7. The van der Waals surface area contributed by atoms with E-state index in [1.165, 1.54) is 36.8 Å². The molecule has 0 saturated heterocycles. The largest absolute Gasteiger partial charge is 0.449 e. The topological polar surface area (TPSA) is 38.3 Å². The van der Waals surface area contributed by atoms with E-state index in [0.717, 1.165) is 25.7 Å². The molecule has 0 saturated carbocycles. The van der Waals surface area contributed by atoms with Crippen LogP contribution in [0.15, 0.2) is 42.5 Å². The molecular weight excluding hydrogens is 348 g/mol. The minimum absolute atomic E-state index is 0.332. The molecule has 0 radical (unpaired) electrons. The highest BCUT2D eigenvalue weighted by Crippen LogP contribution is 2.29. The number of benzene rings is 2. The highest BCUT2D eigenvalue weighted by molar-refractivity contribution is 5.91. The Kier molecular flexibility index (Phi) is 8.24. The van der Waals surface area contributed by atoms with Gasteiger partial charge in [-0.2, -0.15) is 0 Å². The van der Waals surface area contributed by atoms with Crippen LogP contribution < -0.4 is 5.32 Å². The van der Waals surface area contributed by atoms with E-state index in [9.17, 15) is 13.6 Å². The Morgan fingerprint density at radius 1 is 1.07 bits per heavy atom. The van der Waals surface area contributed by atoms with Crippen molar-refractivity contribution in [2.75, 3.05) is 11.9 Å². The van der Waals surface area contributed by atoms with Gasteiger partial charge in [-0.15, -0.1) is 0 Å². The first kappa shape index (κ1) is 20.9. The molecule has 0 aliphatic heterocycles. The molecule has 27 heavy (non-hydrogen) atoms. The van der Waals surface area contributed by atoms with Crippen LogP contribution in [0.25, 0.3) is 11.1 Å². The van der Waals surface area contributed by atoms with Gasteiger partial charge in [0.25, 0.3) is 0 Å². The van der Waals surface area contributed by atoms with E-state index in [2.05, 4.69) is 19.2 Å². The van der Waals surface area contributed by atoms with Gasteiger partial charge in [0.15, 0.2) is 0 Å². The number of halogens is 2. The van der Waals surface area contributed by atoms with E-state index >= 15 is 0 Å². The molecule has 0 bridgehead atoms. The van der Waals surface area contributed by atoms with E-state index in [1.807, 2.05) is 0 Å². The lowest BCUT2D eigenvalue weighted by molar-refractivity contribution is 0.136. The molecule has 0 heterocycles. The Morgan fingerprint density at radius 2 is 1.85 bits per heavy atom. The number of nitrogens with one attached hydrogen (secondary N) is 1. The molecular formula is C22H27F2NO2. The van der Waals surface area contributed by atoms with Crippen LogP contribution in [0.3, 0.4) is 0 Å². The third-order valence-corrected chi connectivity index (χ3v) is 4.60. The van der Waals surface area contributed by atoms with Gasteiger partial charge in [0.05, 0.1) is 12.3 Å². The van der Waals surface area contributed by atoms with Gasteiger partial charge < -0.3 is 4.74 Å². The molecule has 0 aromatic heterocycles. The zero-order valence-electron chi connectivity index (χ0n) is 15.9. The highest BCUT2D eigenvalue weighted by atomic mass is 19.1. The molecule has 2 aromatic carbocycles. The summed E-state index contributed by atoms with van der Waals surface area (Å²) < 4.78 is 32.6. The fourth-order valence-electron chi connectivity index (χ4n) is 2.95. The molecule has 5 heteroatoms. The van der Waals surface area contributed by atoms with E-state index in [0.29, 0.717) is 29.3 Å². The van der Waals surface area contributed by atoms with Gasteiger partial charge in [-0.25, -0.2) is 13.6 Å². The third kappa shape index (κ3) is 6.66. The molecule has 1 amide bonds. The van der Waals surface area contributed by atoms with Gasteiger partial charge in [-0.1, -0.05) is 51.7 Å². The summed E-state index contributed by atoms with van der Waals surface area (Å²) in [4.78, 5) is 12.2. The molecule has 2 rings (SSSR count). The fraction of sp³-hybridized carbons (Fsp3) is 0.409. The summed E-state index contributed by atoms with van der Waals surface area (Å²) in [5.74, 6) is -0.559. The summed E-state index contributed by atoms with van der Waals surface area (Å²) in [6.07, 6.45) is 4.85. The Morgan fingerprint density at radius 3 is 2.56 bits per heavy atom. The van der Waals surface area contributed by atoms with Crippen molar-refractivity contribution in [2.45, 2.75) is 46.0 Å². The summed E-state index contributed by atoms with van der Waals surface area (Å²) in [6, 6.07) is 9.78. The minimum atomic E-state index is -0.590. The number of ether oxygens (including phenoxy) is 1. The predicted molar refractivity (Wildman–Crippen MR) is 105 cm³/mol. The SMILES string of the molecule is CCCCCC(CC)COC(=O)Nc1ccc(F)cc1-c1cccc(F)c1. The standard InChI is InChI=1S/C22H27F2NO2/c1-3-5-6-8-16(4-2)15-27-22(26)25-21-12-11-19(24)14-20(21)17-9-7-10-18(23)13-17/h7,9-14,16H,3-6,8,15H2,1-2H3,(H,25,26). The lowest BCUT2D eigenvalue weighted by Gasteiger charge is -2.16. The lowest BCUT2D eigenvalue weighted by atomic mass is 10.00. The van der Waals surface area contributed by atoms with Crippen LogP contribution in [0.4, 0.5) is 19.3 Å². The summed E-state index contributed by atoms with van der Waals surface area (Å²) in [5.41, 5.74) is 1.27. The van der Waals surface area contributed by atoms with Crippen molar-refractivity contribution < 1.29 is 18.3 Å². The van der Waals surface area contributed by atoms with Crippen LogP contribution in [-0.2, 0) is 4.74 Å². The van der Waals surface area contributed by atoms with Crippen molar-refractivity contribution in [3.63, 3.8) is 0 Å². The van der Waals surface area contributed by atoms with Crippen LogP contribution in [-0.4, -0.2) is 12.7 Å². The van der Waals surface area contributed by atoms with E-state index in [1.54, 1.807) is 12.1 Å². The number of rotatable bonds is 9. The van der Waals surface area contributed by atoms with E-state index < -0.39 is 17.7 Å². The summed E-state index contributed by atoms with van der Waals surface area (Å²) in [7, 11) is 0. The monoisotopic (exact) mass is 375 g/mol. The molecule has 0 spiro atoms. The fourth-order valence-corrected chi connectivity index (χ4v) is 2.95. The van der Waals surface area contributed by atoms with Crippen molar-refractivity contribution in [3.8, 4) is 11.1 Å². The Balaban J connectivity index is 2.03. The summed E-state index contributed by atoms with van der Waals surface area (Å²) in [5, 5.41) is 2.65. The van der Waals surface area contributed by atoms with Crippen LogP contribution in [0.2, 0.25) is 0 Å². The second-order valence-electron chi connectivity index (χ2n) is 6.69. The molecule has 0 aliphatic carbocycles. The first-order valence-corrected chi connectivity index (χ1v) is 9.52. The van der Waals surface area contributed by atoms with Crippen LogP contribution in [0.5, 0.6) is 0 Å². The van der Waals surface area contributed by atoms with Crippen LogP contribution in [0, 0.1) is 17.6 Å². The number of hydrogen-bond donors (Lipinski definition) is 1. The molecule has 0 fully saturated rings. The second-order valence-corrected chi connectivity index (χ2v) is 6.69. The molecule has 0 aliphatic rings. The highest BCUT2D eigenvalue weighted by Gasteiger charge is 2.14. The first-order valence-electron chi connectivity index (χ1n) is 9.52. The van der Waals surface area contributed by atoms with Crippen molar-refractivity contribution in [2.24, 2.45) is 5.92 Å². The number of anilines is 1. The number of hydrogen-bond acceptors (Lipinski definition) is 2. The maximum atomic E-state index is 13.7. The van der Waals surface area contributed by atoms with Gasteiger partial charge >= 0.3 is 6.09 Å². The van der Waals surface area contributed by atoms with Crippen LogP contribution >= 0.6 is 0 Å². The van der Waals surface area contributed by atoms with Gasteiger partial charge in [-0.05, 0) is 48.2 Å². The zero-order valence-corrected chi connectivity index (χ0v) is 15.9. The van der Waals surface area contributed by atoms with Crippen molar-refractivity contribution in [1.82, 2.24) is 0 Å². The first-order chi connectivity index (χ1) is 13.0. The molecule has 2 aromatic rings. The average molecular weight is 375 g/mol. The molecule has 1 atom stereocenters. The van der Waals surface area contributed by atoms with Gasteiger partial charge in [0.2, 0.25) is 0 Å². The molecule has 1 N–H and O–H groups in total. The van der Waals surface area contributed by atoms with E-state index in [4.69, 9.17) is 4.74 Å². The van der Waals surface area contributed by atoms with Gasteiger partial charge in [0.1, 0.15) is 11.6 Å². The maximum Gasteiger partial charge on any atom is 0.411 e. The third-order valence-electron chi connectivity index (χ3n) is 4.60. The Hall–Kier alpha value is -2.43. The Labute approximate surface area is 159 Å². The summed E-state index contributed by atoms with van der Waals surface area (Å²) in [6.45, 7) is 4.59. The second kappa shape index (κ2) is 10.7. The minimum Gasteiger partial charge on any atom is -0.449 e. The summed E-state index contributed by atoms with van der Waals surface area (Å²) >= 11 is 0. The molecule has 1 unspecified atom stereocenters. The van der Waals surface area contributed by atoms with Gasteiger partial charge in [-0.3, -0.25) is 5.32 Å².